The average Bonchev–Trinajstić information content (AvgIpc) is 2.69. The third-order valence-corrected chi connectivity index (χ3v) is 4.67. The molecule has 136 valence electrons. The number of anilines is 1. The van der Waals surface area contributed by atoms with Gasteiger partial charge in [0.25, 0.3) is 5.91 Å². The van der Waals surface area contributed by atoms with E-state index in [9.17, 15) is 9.59 Å². The van der Waals surface area contributed by atoms with Crippen LogP contribution in [0.1, 0.15) is 40.0 Å². The Morgan fingerprint density at radius 2 is 1.96 bits per heavy atom. The summed E-state index contributed by atoms with van der Waals surface area (Å²) in [5, 5.41) is 0. The molecule has 1 heterocycles. The molecule has 1 unspecified atom stereocenters. The van der Waals surface area contributed by atoms with Crippen LogP contribution in [0.2, 0.25) is 0 Å². The zero-order valence-corrected chi connectivity index (χ0v) is 15.5. The van der Waals surface area contributed by atoms with Crippen LogP contribution in [0.15, 0.2) is 29.3 Å². The number of para-hydroxylation sites is 2. The van der Waals surface area contributed by atoms with Crippen LogP contribution < -0.4 is 16.4 Å². The monoisotopic (exact) mass is 344 g/mol. The molecule has 6 nitrogen and oxygen atoms in total. The van der Waals surface area contributed by atoms with Gasteiger partial charge in [0.2, 0.25) is 0 Å². The lowest BCUT2D eigenvalue weighted by Gasteiger charge is -2.33. The Morgan fingerprint density at radius 3 is 2.56 bits per heavy atom. The van der Waals surface area contributed by atoms with E-state index in [0.29, 0.717) is 23.5 Å². The molecule has 1 aliphatic rings. The normalized spacial score (nSPS) is 21.6. The summed E-state index contributed by atoms with van der Waals surface area (Å²) in [6.45, 7) is 5.79. The lowest BCUT2D eigenvalue weighted by Crippen LogP contribution is -2.68. The molecule has 0 aromatic heterocycles. The number of hydrogen-bond acceptors (Lipinski definition) is 5. The van der Waals surface area contributed by atoms with Crippen LogP contribution in [0, 0.1) is 5.92 Å². The maximum absolute atomic E-state index is 13.2. The number of benzene rings is 1. The number of amides is 1. The van der Waals surface area contributed by atoms with Gasteiger partial charge in [-0.25, -0.2) is 0 Å². The smallest absolute Gasteiger partial charge is 0.260 e. The van der Waals surface area contributed by atoms with Crippen molar-refractivity contribution in [3.05, 3.63) is 24.3 Å². The minimum atomic E-state index is -1.84. The maximum atomic E-state index is 13.2. The molecule has 25 heavy (non-hydrogen) atoms. The highest BCUT2D eigenvalue weighted by Crippen LogP contribution is 2.35. The molecule has 1 aromatic rings. The number of carbonyl (C=O) groups is 2. The first-order valence-electron chi connectivity index (χ1n) is 8.80. The van der Waals surface area contributed by atoms with Gasteiger partial charge in [0.05, 0.1) is 23.1 Å². The number of Topliss-reactive ketones (excluding diaryl/α,β-unsaturated/α-hetero) is 1. The number of nitrogens with zero attached hydrogens (tertiary/aromatic N) is 2. The average molecular weight is 344 g/mol. The van der Waals surface area contributed by atoms with E-state index in [1.807, 2.05) is 39.0 Å². The number of likely N-dealkylation sites (N-methyl/N-ethyl adjacent to an activating group) is 1. The molecule has 1 amide bonds. The van der Waals surface area contributed by atoms with Gasteiger partial charge >= 0.3 is 0 Å². The van der Waals surface area contributed by atoms with Crippen molar-refractivity contribution in [3.63, 3.8) is 0 Å². The van der Waals surface area contributed by atoms with Crippen LogP contribution in [0.3, 0.4) is 0 Å². The van der Waals surface area contributed by atoms with E-state index in [1.54, 1.807) is 13.1 Å². The van der Waals surface area contributed by atoms with Crippen molar-refractivity contribution in [1.29, 1.82) is 0 Å². The van der Waals surface area contributed by atoms with Gasteiger partial charge in [-0.05, 0) is 24.5 Å². The first kappa shape index (κ1) is 19.3. The van der Waals surface area contributed by atoms with Crippen LogP contribution >= 0.6 is 0 Å². The van der Waals surface area contributed by atoms with Crippen LogP contribution in [0.4, 0.5) is 11.4 Å². The second-order valence-corrected chi connectivity index (χ2v) is 6.93. The molecule has 0 fully saturated rings. The van der Waals surface area contributed by atoms with Crippen LogP contribution in [0.25, 0.3) is 0 Å². The molecular formula is C19H28N4O2. The Labute approximate surface area is 149 Å². The Morgan fingerprint density at radius 1 is 1.32 bits per heavy atom. The maximum Gasteiger partial charge on any atom is 0.260 e. The predicted molar refractivity (Wildman–Crippen MR) is 101 cm³/mol. The summed E-state index contributed by atoms with van der Waals surface area (Å²) in [4.78, 5) is 32.4. The van der Waals surface area contributed by atoms with Gasteiger partial charge in [-0.1, -0.05) is 45.7 Å². The largest absolute Gasteiger partial charge is 0.321 e. The number of ketones is 1. The van der Waals surface area contributed by atoms with Crippen LogP contribution in [-0.2, 0) is 9.59 Å². The fraction of sp³-hybridized carbons (Fsp3) is 0.526. The van der Waals surface area contributed by atoms with E-state index in [1.165, 1.54) is 4.90 Å². The van der Waals surface area contributed by atoms with Crippen molar-refractivity contribution in [2.45, 2.75) is 51.6 Å². The summed E-state index contributed by atoms with van der Waals surface area (Å²) in [5.74, 6) is -1.12. The van der Waals surface area contributed by atoms with E-state index in [4.69, 9.17) is 11.5 Å². The second-order valence-electron chi connectivity index (χ2n) is 6.93. The Bertz CT molecular complexity index is 698. The third kappa shape index (κ3) is 3.37. The Kier molecular flexibility index (Phi) is 5.75. The van der Waals surface area contributed by atoms with Gasteiger partial charge in [0, 0.05) is 7.05 Å². The minimum absolute atomic E-state index is 0.171. The molecule has 0 radical (unpaired) electrons. The summed E-state index contributed by atoms with van der Waals surface area (Å²) < 4.78 is 0. The number of nitrogens with two attached hydrogens (primary N) is 2. The number of fused-ring (bicyclic) bond motifs is 1. The second kappa shape index (κ2) is 7.45. The first-order chi connectivity index (χ1) is 11.7. The summed E-state index contributed by atoms with van der Waals surface area (Å²) >= 11 is 0. The zero-order valence-electron chi connectivity index (χ0n) is 15.5. The molecule has 2 rings (SSSR count). The topological polar surface area (TPSA) is 102 Å². The van der Waals surface area contributed by atoms with Crippen LogP contribution in [-0.4, -0.2) is 36.0 Å². The molecular weight excluding hydrogens is 316 g/mol. The minimum Gasteiger partial charge on any atom is -0.321 e. The van der Waals surface area contributed by atoms with Gasteiger partial charge in [0.15, 0.2) is 11.3 Å². The molecule has 4 N–H and O–H groups in total. The number of unbranched alkanes of at least 4 members (excludes halogenated alkanes) is 1. The zero-order chi connectivity index (χ0) is 18.8. The molecule has 1 aliphatic heterocycles. The molecule has 0 spiro atoms. The van der Waals surface area contributed by atoms with E-state index in [-0.39, 0.29) is 5.92 Å². The summed E-state index contributed by atoms with van der Waals surface area (Å²) in [5.41, 5.74) is 12.4. The fourth-order valence-corrected chi connectivity index (χ4v) is 3.21. The first-order valence-corrected chi connectivity index (χ1v) is 8.80. The van der Waals surface area contributed by atoms with Crippen molar-refractivity contribution in [3.8, 4) is 0 Å². The summed E-state index contributed by atoms with van der Waals surface area (Å²) in [7, 11) is 1.62. The highest BCUT2D eigenvalue weighted by Gasteiger charge is 2.52. The Hall–Kier alpha value is -2.05. The SMILES string of the molecule is CCCC[C@H](N)C(=O)C1(N)C(=O)N(C)c2ccccc2N=C1C(C)C. The molecule has 1 aromatic carbocycles. The van der Waals surface area contributed by atoms with Gasteiger partial charge in [-0.15, -0.1) is 0 Å². The highest BCUT2D eigenvalue weighted by atomic mass is 16.2. The molecule has 0 saturated carbocycles. The molecule has 0 aliphatic carbocycles. The van der Waals surface area contributed by atoms with E-state index >= 15 is 0 Å². The van der Waals surface area contributed by atoms with Crippen molar-refractivity contribution in [2.24, 2.45) is 22.4 Å². The quantitative estimate of drug-likeness (QED) is 0.772. The van der Waals surface area contributed by atoms with E-state index < -0.39 is 23.3 Å². The van der Waals surface area contributed by atoms with Gasteiger partial charge < -0.3 is 16.4 Å². The number of hydrogen-bond donors (Lipinski definition) is 2. The molecule has 6 heteroatoms. The number of aliphatic imine (C=N–C) groups is 1. The number of rotatable bonds is 6. The third-order valence-electron chi connectivity index (χ3n) is 4.67. The van der Waals surface area contributed by atoms with E-state index in [2.05, 4.69) is 4.99 Å². The molecule has 0 saturated heterocycles. The number of carbonyl (C=O) groups excluding carboxylic acids is 2. The van der Waals surface area contributed by atoms with Crippen molar-refractivity contribution in [1.82, 2.24) is 0 Å². The van der Waals surface area contributed by atoms with Gasteiger partial charge in [0.1, 0.15) is 0 Å². The van der Waals surface area contributed by atoms with Crippen molar-refractivity contribution >= 4 is 28.8 Å². The molecule has 0 bridgehead atoms. The van der Waals surface area contributed by atoms with Crippen LogP contribution in [0.5, 0.6) is 0 Å². The lowest BCUT2D eigenvalue weighted by atomic mass is 9.79. The van der Waals surface area contributed by atoms with E-state index in [0.717, 1.165) is 12.8 Å². The lowest BCUT2D eigenvalue weighted by molar-refractivity contribution is -0.132. The fourth-order valence-electron chi connectivity index (χ4n) is 3.21. The van der Waals surface area contributed by atoms with Gasteiger partial charge in [-0.2, -0.15) is 0 Å². The Balaban J connectivity index is 2.59. The standard InChI is InChI=1S/C19H28N4O2/c1-5-6-9-13(20)17(24)19(21)16(12(2)3)22-14-10-7-8-11-15(14)23(4)18(19)25/h7-8,10-13H,5-6,9,20-21H2,1-4H3/t13-,19?/m0/s1. The van der Waals surface area contributed by atoms with Crippen molar-refractivity contribution in [2.75, 3.05) is 11.9 Å². The van der Waals surface area contributed by atoms with Gasteiger partial charge in [-0.3, -0.25) is 14.6 Å². The highest BCUT2D eigenvalue weighted by molar-refractivity contribution is 6.35. The summed E-state index contributed by atoms with van der Waals surface area (Å²) in [6.07, 6.45) is 2.23. The molecule has 2 atom stereocenters. The summed E-state index contributed by atoms with van der Waals surface area (Å²) in [6, 6.07) is 6.49. The predicted octanol–water partition coefficient (Wildman–Crippen LogP) is 2.18. The van der Waals surface area contributed by atoms with Crippen molar-refractivity contribution < 1.29 is 9.59 Å².